The largest absolute Gasteiger partial charge is 0.471 e. The molecule has 0 atom stereocenters. The van der Waals surface area contributed by atoms with Crippen LogP contribution in [0.1, 0.15) is 51.4 Å². The molecule has 0 aromatic heterocycles. The molecule has 0 aliphatic carbocycles. The summed E-state index contributed by atoms with van der Waals surface area (Å²) in [7, 11) is -12.7. The fraction of sp³-hybridized carbons (Fsp3) is 0.481. The third-order valence-electron chi connectivity index (χ3n) is 7.98. The molecule has 3 N–H and O–H groups in total. The molecule has 0 radical (unpaired) electrons. The summed E-state index contributed by atoms with van der Waals surface area (Å²) in [6.45, 7) is 0.633. The summed E-state index contributed by atoms with van der Waals surface area (Å²) in [6, 6.07) is 8.38. The number of hydrogen-bond acceptors (Lipinski definition) is 10. The van der Waals surface area contributed by atoms with Gasteiger partial charge in [0, 0.05) is 47.7 Å². The first-order chi connectivity index (χ1) is 20.9. The smallest absolute Gasteiger partial charge is 0.303 e. The van der Waals surface area contributed by atoms with E-state index in [0.29, 0.717) is 26.2 Å². The molecule has 3 aromatic rings. The van der Waals surface area contributed by atoms with Gasteiger partial charge in [-0.2, -0.15) is 8.61 Å². The number of nitrogens with one attached hydrogen (secondary N) is 1. The number of nitrogens with zero attached hydrogens (tertiary/aromatic N) is 3. The molecule has 240 valence electrons. The fourth-order valence-corrected chi connectivity index (χ4v) is 9.03. The molecule has 2 aliphatic heterocycles. The Morgan fingerprint density at radius 2 is 1.20 bits per heavy atom. The maximum Gasteiger partial charge on any atom is 0.471 e. The lowest BCUT2D eigenvalue weighted by molar-refractivity contribution is 0.0273. The summed E-state index contributed by atoms with van der Waals surface area (Å²) in [6.07, 6.45) is 6.69. The molecule has 0 saturated carbocycles. The van der Waals surface area contributed by atoms with Gasteiger partial charge in [0.2, 0.25) is 20.0 Å². The molecule has 0 amide bonds. The minimum atomic E-state index is -4.86. The molecular weight excluding hydrogens is 635 g/mol. The number of phosphoric ester groups is 1. The highest BCUT2D eigenvalue weighted by atomic mass is 32.2. The second-order valence-corrected chi connectivity index (χ2v) is 16.0. The standard InChI is InChI=1S/C27H35N4O10PS2/c32-28-26-22-11-9-21(44(38,39)31-15-7-3-4-8-16-31)18-25(22)27(29-40-19-41-42(33,34)35)23-12-10-20(17-24(23)26)43(36,37)30-13-5-1-2-6-14-30/h9-12,17-18,29H,1-8,13-16,19H2,(H2,33,34,35). The van der Waals surface area contributed by atoms with Crippen molar-refractivity contribution >= 4 is 60.8 Å². The van der Waals surface area contributed by atoms with Crippen molar-refractivity contribution < 1.29 is 40.5 Å². The van der Waals surface area contributed by atoms with E-state index >= 15 is 0 Å². The van der Waals surface area contributed by atoms with Gasteiger partial charge in [-0.1, -0.05) is 37.8 Å². The molecule has 2 heterocycles. The van der Waals surface area contributed by atoms with Crippen LogP contribution in [0.15, 0.2) is 51.4 Å². The molecular formula is C27H35N4O10PS2. The predicted molar refractivity (Wildman–Crippen MR) is 164 cm³/mol. The van der Waals surface area contributed by atoms with E-state index < -0.39 is 34.7 Å². The minimum Gasteiger partial charge on any atom is -0.303 e. The normalized spacial score (nSPS) is 18.2. The maximum absolute atomic E-state index is 13.6. The molecule has 3 aromatic carbocycles. The van der Waals surface area contributed by atoms with Gasteiger partial charge in [-0.15, -0.1) is 4.91 Å². The highest BCUT2D eigenvalue weighted by molar-refractivity contribution is 7.89. The highest BCUT2D eigenvalue weighted by Gasteiger charge is 2.29. The van der Waals surface area contributed by atoms with E-state index in [1.807, 2.05) is 0 Å². The van der Waals surface area contributed by atoms with Crippen molar-refractivity contribution in [1.82, 2.24) is 8.61 Å². The van der Waals surface area contributed by atoms with E-state index in [2.05, 4.69) is 15.2 Å². The van der Waals surface area contributed by atoms with Crippen LogP contribution in [0.2, 0.25) is 0 Å². The maximum atomic E-state index is 13.6. The van der Waals surface area contributed by atoms with E-state index in [9.17, 15) is 26.3 Å². The molecule has 14 nitrogen and oxygen atoms in total. The third-order valence-corrected chi connectivity index (χ3v) is 12.2. The van der Waals surface area contributed by atoms with Gasteiger partial charge in [0.15, 0.2) is 6.79 Å². The van der Waals surface area contributed by atoms with E-state index in [1.54, 1.807) is 0 Å². The number of anilines is 1. The molecule has 2 aliphatic rings. The lowest BCUT2D eigenvalue weighted by Gasteiger charge is -2.22. The van der Waals surface area contributed by atoms with Gasteiger partial charge in [-0.05, 0) is 55.1 Å². The Morgan fingerprint density at radius 1 is 0.727 bits per heavy atom. The van der Waals surface area contributed by atoms with Gasteiger partial charge in [0.05, 0.1) is 15.5 Å². The first-order valence-electron chi connectivity index (χ1n) is 14.4. The monoisotopic (exact) mass is 670 g/mol. The van der Waals surface area contributed by atoms with Crippen molar-refractivity contribution in [3.8, 4) is 0 Å². The number of rotatable bonds is 10. The Bertz CT molecular complexity index is 1800. The Labute approximate surface area is 255 Å². The van der Waals surface area contributed by atoms with Crippen LogP contribution in [-0.2, 0) is 34.0 Å². The number of fused-ring (bicyclic) bond motifs is 2. The average Bonchev–Trinajstić information content (AvgIpc) is 3.45. The zero-order chi connectivity index (χ0) is 31.5. The van der Waals surface area contributed by atoms with Crippen LogP contribution in [0.4, 0.5) is 11.4 Å². The number of sulfonamides is 2. The Kier molecular flexibility index (Phi) is 10.0. The SMILES string of the molecule is O=Nc1c2cc(S(=O)(=O)N3CCCCCC3)ccc2c(NOCOP(=O)(O)O)c2cc(S(=O)(=O)N3CCCCCC3)ccc12. The fourth-order valence-electron chi connectivity index (χ4n) is 5.75. The van der Waals surface area contributed by atoms with Gasteiger partial charge < -0.3 is 9.79 Å². The van der Waals surface area contributed by atoms with Gasteiger partial charge in [0.1, 0.15) is 5.69 Å². The minimum absolute atomic E-state index is 0.0297. The lowest BCUT2D eigenvalue weighted by Crippen LogP contribution is -2.32. The summed E-state index contributed by atoms with van der Waals surface area (Å²) in [4.78, 5) is 35.5. The van der Waals surface area contributed by atoms with Crippen molar-refractivity contribution in [1.29, 1.82) is 0 Å². The topological polar surface area (TPSA) is 192 Å². The van der Waals surface area contributed by atoms with Crippen LogP contribution in [0, 0.1) is 4.91 Å². The number of benzene rings is 3. The van der Waals surface area contributed by atoms with Gasteiger partial charge in [-0.3, -0.25) is 10.0 Å². The second-order valence-electron chi connectivity index (χ2n) is 10.9. The molecule has 44 heavy (non-hydrogen) atoms. The molecule has 0 unspecified atom stereocenters. The Morgan fingerprint density at radius 3 is 1.68 bits per heavy atom. The van der Waals surface area contributed by atoms with Crippen molar-refractivity contribution in [2.75, 3.05) is 38.5 Å². The summed E-state index contributed by atoms with van der Waals surface area (Å²) in [5.41, 5.74) is 2.60. The van der Waals surface area contributed by atoms with E-state index in [0.717, 1.165) is 51.4 Å². The molecule has 0 bridgehead atoms. The van der Waals surface area contributed by atoms with Crippen molar-refractivity contribution in [3.05, 3.63) is 41.3 Å². The summed E-state index contributed by atoms with van der Waals surface area (Å²) in [5, 5.41) is 4.08. The van der Waals surface area contributed by atoms with Crippen molar-refractivity contribution in [2.45, 2.75) is 61.2 Å². The quantitative estimate of drug-likeness (QED) is 0.0662. The van der Waals surface area contributed by atoms with Crippen molar-refractivity contribution in [2.24, 2.45) is 5.18 Å². The first-order valence-corrected chi connectivity index (χ1v) is 18.8. The zero-order valence-electron chi connectivity index (χ0n) is 23.9. The van der Waals surface area contributed by atoms with Gasteiger partial charge in [-0.25, -0.2) is 26.2 Å². The van der Waals surface area contributed by atoms with Gasteiger partial charge >= 0.3 is 7.82 Å². The molecule has 0 spiro atoms. The second kappa shape index (κ2) is 13.4. The van der Waals surface area contributed by atoms with Crippen LogP contribution < -0.4 is 5.48 Å². The Hall–Kier alpha value is -2.53. The number of nitroso groups, excluding NO2 is 1. The van der Waals surface area contributed by atoms with Crippen molar-refractivity contribution in [3.63, 3.8) is 0 Å². The molecule has 5 rings (SSSR count). The summed E-state index contributed by atoms with van der Waals surface area (Å²) >= 11 is 0. The summed E-state index contributed by atoms with van der Waals surface area (Å²) < 4.78 is 72.8. The predicted octanol–water partition coefficient (Wildman–Crippen LogP) is 4.93. The lowest BCUT2D eigenvalue weighted by atomic mass is 9.99. The van der Waals surface area contributed by atoms with Crippen LogP contribution in [0.3, 0.4) is 0 Å². The highest BCUT2D eigenvalue weighted by Crippen LogP contribution is 2.44. The molecule has 2 saturated heterocycles. The summed E-state index contributed by atoms with van der Waals surface area (Å²) in [5.74, 6) is 0. The van der Waals surface area contributed by atoms with E-state index in [1.165, 1.54) is 45.0 Å². The first kappa shape index (κ1) is 32.9. The zero-order valence-corrected chi connectivity index (χ0v) is 26.4. The molecule has 2 fully saturated rings. The van der Waals surface area contributed by atoms with Crippen LogP contribution in [0.25, 0.3) is 21.5 Å². The Balaban J connectivity index is 1.66. The van der Waals surface area contributed by atoms with Crippen LogP contribution in [0.5, 0.6) is 0 Å². The molecule has 17 heteroatoms. The van der Waals surface area contributed by atoms with Crippen LogP contribution >= 0.6 is 7.82 Å². The van der Waals surface area contributed by atoms with E-state index in [4.69, 9.17) is 14.6 Å². The van der Waals surface area contributed by atoms with E-state index in [-0.39, 0.29) is 42.7 Å². The van der Waals surface area contributed by atoms with Gasteiger partial charge in [0.25, 0.3) is 0 Å². The number of hydrogen-bond donors (Lipinski definition) is 3. The van der Waals surface area contributed by atoms with Crippen LogP contribution in [-0.4, -0.2) is 68.2 Å². The third kappa shape index (κ3) is 6.98. The average molecular weight is 671 g/mol. The number of phosphoric acid groups is 1.